The Balaban J connectivity index is 2.07. The molecule has 0 atom stereocenters. The van der Waals surface area contributed by atoms with Crippen LogP contribution in [0.5, 0.6) is 0 Å². The number of aldehydes is 1. The second kappa shape index (κ2) is 3.96. The SMILES string of the molecule is Cc1cc(C=O)oc1CN1CCCC1. The van der Waals surface area contributed by atoms with E-state index in [0.29, 0.717) is 5.76 Å². The monoisotopic (exact) mass is 193 g/mol. The number of hydrogen-bond donors (Lipinski definition) is 0. The molecular formula is C11H15NO2. The Morgan fingerprint density at radius 1 is 1.50 bits per heavy atom. The lowest BCUT2D eigenvalue weighted by molar-refractivity contribution is 0.109. The first-order valence-corrected chi connectivity index (χ1v) is 5.06. The molecule has 0 aromatic carbocycles. The lowest BCUT2D eigenvalue weighted by Gasteiger charge is -2.12. The van der Waals surface area contributed by atoms with Gasteiger partial charge >= 0.3 is 0 Å². The van der Waals surface area contributed by atoms with Crippen LogP contribution in [0.2, 0.25) is 0 Å². The van der Waals surface area contributed by atoms with E-state index in [4.69, 9.17) is 4.42 Å². The molecule has 0 unspecified atom stereocenters. The maximum absolute atomic E-state index is 10.5. The molecule has 0 bridgehead atoms. The van der Waals surface area contributed by atoms with Gasteiger partial charge in [-0.1, -0.05) is 0 Å². The molecule has 1 fully saturated rings. The summed E-state index contributed by atoms with van der Waals surface area (Å²) in [7, 11) is 0. The predicted molar refractivity (Wildman–Crippen MR) is 53.3 cm³/mol. The fourth-order valence-corrected chi connectivity index (χ4v) is 1.90. The summed E-state index contributed by atoms with van der Waals surface area (Å²) in [5, 5.41) is 0. The second-order valence-corrected chi connectivity index (χ2v) is 3.86. The van der Waals surface area contributed by atoms with Gasteiger partial charge in [-0.05, 0) is 44.5 Å². The van der Waals surface area contributed by atoms with Crippen molar-refractivity contribution in [3.8, 4) is 0 Å². The van der Waals surface area contributed by atoms with Gasteiger partial charge < -0.3 is 4.42 Å². The highest BCUT2D eigenvalue weighted by Gasteiger charge is 2.15. The minimum atomic E-state index is 0.441. The van der Waals surface area contributed by atoms with E-state index in [-0.39, 0.29) is 0 Å². The summed E-state index contributed by atoms with van der Waals surface area (Å²) in [6.07, 6.45) is 3.32. The van der Waals surface area contributed by atoms with Gasteiger partial charge in [-0.25, -0.2) is 0 Å². The number of furan rings is 1. The Morgan fingerprint density at radius 2 is 2.21 bits per heavy atom. The van der Waals surface area contributed by atoms with Crippen molar-refractivity contribution in [3.05, 3.63) is 23.2 Å². The van der Waals surface area contributed by atoms with Crippen LogP contribution in [0.25, 0.3) is 0 Å². The standard InChI is InChI=1S/C11H15NO2/c1-9-6-10(8-13)14-11(9)7-12-4-2-3-5-12/h6,8H,2-5,7H2,1H3. The maximum Gasteiger partial charge on any atom is 0.185 e. The molecule has 3 nitrogen and oxygen atoms in total. The molecule has 1 aromatic rings. The van der Waals surface area contributed by atoms with Crippen molar-refractivity contribution in [2.75, 3.05) is 13.1 Å². The van der Waals surface area contributed by atoms with E-state index in [9.17, 15) is 4.79 Å². The van der Waals surface area contributed by atoms with Gasteiger partial charge in [0.1, 0.15) is 5.76 Å². The van der Waals surface area contributed by atoms with Crippen LogP contribution in [0.4, 0.5) is 0 Å². The summed E-state index contributed by atoms with van der Waals surface area (Å²) < 4.78 is 5.42. The molecule has 0 N–H and O–H groups in total. The van der Waals surface area contributed by atoms with Gasteiger partial charge in [-0.2, -0.15) is 0 Å². The molecule has 0 spiro atoms. The summed E-state index contributed by atoms with van der Waals surface area (Å²) in [4.78, 5) is 12.9. The minimum absolute atomic E-state index is 0.441. The Bertz CT molecular complexity index is 324. The van der Waals surface area contributed by atoms with Crippen LogP contribution < -0.4 is 0 Å². The molecule has 1 aromatic heterocycles. The molecule has 0 saturated carbocycles. The molecule has 0 radical (unpaired) electrons. The Kier molecular flexibility index (Phi) is 2.68. The molecule has 0 aliphatic carbocycles. The largest absolute Gasteiger partial charge is 0.457 e. The number of rotatable bonds is 3. The molecule has 14 heavy (non-hydrogen) atoms. The highest BCUT2D eigenvalue weighted by Crippen LogP contribution is 2.18. The number of carbonyl (C=O) groups is 1. The molecule has 0 amide bonds. The van der Waals surface area contributed by atoms with Crippen molar-refractivity contribution in [2.45, 2.75) is 26.3 Å². The van der Waals surface area contributed by atoms with Gasteiger partial charge in [0.05, 0.1) is 6.54 Å². The summed E-state index contributed by atoms with van der Waals surface area (Å²) in [5.41, 5.74) is 1.08. The average molecular weight is 193 g/mol. The van der Waals surface area contributed by atoms with Crippen LogP contribution >= 0.6 is 0 Å². The molecule has 2 rings (SSSR count). The first-order chi connectivity index (χ1) is 6.79. The third kappa shape index (κ3) is 1.87. The van der Waals surface area contributed by atoms with E-state index in [1.165, 1.54) is 12.8 Å². The van der Waals surface area contributed by atoms with E-state index in [0.717, 1.165) is 37.2 Å². The quantitative estimate of drug-likeness (QED) is 0.688. The zero-order chi connectivity index (χ0) is 9.97. The lowest BCUT2D eigenvalue weighted by Crippen LogP contribution is -2.18. The molecule has 1 aliphatic rings. The summed E-state index contributed by atoms with van der Waals surface area (Å²) >= 11 is 0. The Labute approximate surface area is 83.7 Å². The van der Waals surface area contributed by atoms with Gasteiger partial charge in [-0.3, -0.25) is 9.69 Å². The first kappa shape index (κ1) is 9.46. The van der Waals surface area contributed by atoms with E-state index in [2.05, 4.69) is 4.90 Å². The smallest absolute Gasteiger partial charge is 0.185 e. The maximum atomic E-state index is 10.5. The summed E-state index contributed by atoms with van der Waals surface area (Å²) in [6, 6.07) is 1.80. The molecule has 76 valence electrons. The first-order valence-electron chi connectivity index (χ1n) is 5.06. The number of hydrogen-bond acceptors (Lipinski definition) is 3. The normalized spacial score (nSPS) is 17.5. The second-order valence-electron chi connectivity index (χ2n) is 3.86. The fraction of sp³-hybridized carbons (Fsp3) is 0.545. The van der Waals surface area contributed by atoms with Gasteiger partial charge in [0.15, 0.2) is 12.0 Å². The highest BCUT2D eigenvalue weighted by atomic mass is 16.3. The number of aryl methyl sites for hydroxylation is 1. The van der Waals surface area contributed by atoms with Crippen LogP contribution in [0, 0.1) is 6.92 Å². The van der Waals surface area contributed by atoms with Crippen LogP contribution in [0.15, 0.2) is 10.5 Å². The van der Waals surface area contributed by atoms with Crippen molar-refractivity contribution in [1.82, 2.24) is 4.90 Å². The predicted octanol–water partition coefficient (Wildman–Crippen LogP) is 2.00. The van der Waals surface area contributed by atoms with Crippen LogP contribution in [0.1, 0.15) is 34.7 Å². The third-order valence-electron chi connectivity index (χ3n) is 2.72. The van der Waals surface area contributed by atoms with E-state index in [1.54, 1.807) is 6.07 Å². The van der Waals surface area contributed by atoms with Crippen molar-refractivity contribution in [3.63, 3.8) is 0 Å². The fourth-order valence-electron chi connectivity index (χ4n) is 1.90. The third-order valence-corrected chi connectivity index (χ3v) is 2.72. The van der Waals surface area contributed by atoms with Crippen molar-refractivity contribution in [2.24, 2.45) is 0 Å². The number of carbonyl (C=O) groups excluding carboxylic acids is 1. The molecule has 3 heteroatoms. The van der Waals surface area contributed by atoms with Gasteiger partial charge in [0, 0.05) is 0 Å². The zero-order valence-electron chi connectivity index (χ0n) is 8.45. The van der Waals surface area contributed by atoms with E-state index >= 15 is 0 Å². The van der Waals surface area contributed by atoms with Crippen molar-refractivity contribution in [1.29, 1.82) is 0 Å². The van der Waals surface area contributed by atoms with Gasteiger partial charge in [-0.15, -0.1) is 0 Å². The summed E-state index contributed by atoms with van der Waals surface area (Å²) in [6.45, 7) is 5.13. The topological polar surface area (TPSA) is 33.5 Å². The zero-order valence-corrected chi connectivity index (χ0v) is 8.45. The van der Waals surface area contributed by atoms with Crippen LogP contribution in [0.3, 0.4) is 0 Å². The van der Waals surface area contributed by atoms with Crippen LogP contribution in [-0.4, -0.2) is 24.3 Å². The van der Waals surface area contributed by atoms with Gasteiger partial charge in [0.25, 0.3) is 0 Å². The molecule has 1 saturated heterocycles. The Morgan fingerprint density at radius 3 is 2.79 bits per heavy atom. The lowest BCUT2D eigenvalue weighted by atomic mass is 10.2. The highest BCUT2D eigenvalue weighted by molar-refractivity contribution is 5.71. The van der Waals surface area contributed by atoms with Crippen molar-refractivity contribution < 1.29 is 9.21 Å². The van der Waals surface area contributed by atoms with E-state index in [1.807, 2.05) is 6.92 Å². The minimum Gasteiger partial charge on any atom is -0.457 e. The molecule has 1 aliphatic heterocycles. The van der Waals surface area contributed by atoms with Crippen LogP contribution in [-0.2, 0) is 6.54 Å². The molecule has 2 heterocycles. The molecular weight excluding hydrogens is 178 g/mol. The number of likely N-dealkylation sites (tertiary alicyclic amines) is 1. The van der Waals surface area contributed by atoms with Gasteiger partial charge in [0.2, 0.25) is 0 Å². The average Bonchev–Trinajstić information content (AvgIpc) is 2.78. The number of nitrogens with zero attached hydrogens (tertiary/aromatic N) is 1. The summed E-state index contributed by atoms with van der Waals surface area (Å²) in [5.74, 6) is 1.38. The van der Waals surface area contributed by atoms with Crippen molar-refractivity contribution >= 4 is 6.29 Å². The van der Waals surface area contributed by atoms with E-state index < -0.39 is 0 Å². The Hall–Kier alpha value is -1.09.